The highest BCUT2D eigenvalue weighted by molar-refractivity contribution is 7.13. The smallest absolute Gasteiger partial charge is 0.254 e. The lowest BCUT2D eigenvalue weighted by atomic mass is 9.91. The molecule has 406 valence electrons. The van der Waals surface area contributed by atoms with Gasteiger partial charge in [-0.3, -0.25) is 14.6 Å². The number of para-hydroxylation sites is 1. The van der Waals surface area contributed by atoms with E-state index in [4.69, 9.17) is 24.5 Å². The number of fused-ring (bicyclic) bond motifs is 2. The van der Waals surface area contributed by atoms with E-state index in [0.29, 0.717) is 53.9 Å². The molecule has 4 fully saturated rings. The number of benzene rings is 2. The summed E-state index contributed by atoms with van der Waals surface area (Å²) >= 11 is 1.59. The fourth-order valence-corrected chi connectivity index (χ4v) is 12.2. The number of rotatable bonds is 19. The molecular weight excluding hydrogens is 1010 g/mol. The van der Waals surface area contributed by atoms with Crippen LogP contribution in [-0.4, -0.2) is 120 Å². The van der Waals surface area contributed by atoms with Gasteiger partial charge >= 0.3 is 0 Å². The quantitative estimate of drug-likeness (QED) is 0.0560. The number of thiazole rings is 1. The normalized spacial score (nSPS) is 21.5. The number of aliphatic hydroxyl groups excluding tert-OH is 1. The van der Waals surface area contributed by atoms with Gasteiger partial charge in [-0.05, 0) is 98.1 Å². The summed E-state index contributed by atoms with van der Waals surface area (Å²) in [7, 11) is 0. The Hall–Kier alpha value is -7.84. The number of nitrogens with one attached hydrogen (secondary N) is 1. The van der Waals surface area contributed by atoms with Crippen LogP contribution < -0.4 is 35.1 Å². The number of hydrogen-bond acceptors (Lipinski definition) is 18. The van der Waals surface area contributed by atoms with Crippen molar-refractivity contribution in [2.24, 2.45) is 5.92 Å². The van der Waals surface area contributed by atoms with Crippen LogP contribution in [0.3, 0.4) is 0 Å². The first kappa shape index (κ1) is 52.2. The van der Waals surface area contributed by atoms with E-state index in [1.165, 1.54) is 4.90 Å². The van der Waals surface area contributed by atoms with E-state index < -0.39 is 18.1 Å². The third-order valence-corrected chi connectivity index (χ3v) is 16.5. The molecule has 1 saturated carbocycles. The van der Waals surface area contributed by atoms with E-state index in [1.54, 1.807) is 35.7 Å². The van der Waals surface area contributed by atoms with Gasteiger partial charge in [0.05, 0.1) is 52.4 Å². The maximum atomic E-state index is 14.2. The van der Waals surface area contributed by atoms with Crippen molar-refractivity contribution in [3.63, 3.8) is 0 Å². The van der Waals surface area contributed by atoms with Crippen LogP contribution in [0.4, 0.5) is 17.2 Å². The van der Waals surface area contributed by atoms with Crippen molar-refractivity contribution in [1.29, 1.82) is 0 Å². The number of nitrogens with two attached hydrogens (primary N) is 1. The van der Waals surface area contributed by atoms with E-state index in [0.717, 1.165) is 77.5 Å². The number of amides is 2. The number of hydrogen-bond donors (Lipinski definition) is 4. The van der Waals surface area contributed by atoms with Gasteiger partial charge in [0.25, 0.3) is 5.88 Å². The minimum Gasteiger partial charge on any atom is -0.507 e. The lowest BCUT2D eigenvalue weighted by Crippen LogP contribution is -2.54. The average Bonchev–Trinajstić information content (AvgIpc) is 4.28. The van der Waals surface area contributed by atoms with Crippen LogP contribution in [0.25, 0.3) is 21.7 Å². The highest BCUT2D eigenvalue weighted by atomic mass is 32.1. The molecule has 1 aliphatic carbocycles. The SMILES string of the molecule is Cc1ncsc1-c1ccc([C@H](C)NC(=O)[C@@H]2C[C@@H](O)CN2C(=O)[C@@H](c2cc(OCCCc3ccc(O[C@H]4C[C@H](Oc5cc(N6C7CCC6CN(c6cc(-c8ccccc8O)nnc6N)C7)ccn5)C4)cn3)no2)C(C)C)cc1. The number of β-amino-alcohol motifs (C(OH)–C–C–N with tert-alkyl or cyclic N) is 1. The lowest BCUT2D eigenvalue weighted by Gasteiger charge is -2.43. The molecule has 4 aliphatic rings. The van der Waals surface area contributed by atoms with Crippen molar-refractivity contribution in [1.82, 2.24) is 40.5 Å². The molecule has 8 heterocycles. The van der Waals surface area contributed by atoms with E-state index in [9.17, 15) is 19.8 Å². The molecule has 0 radical (unpaired) electrons. The number of ether oxygens (including phenoxy) is 3. The summed E-state index contributed by atoms with van der Waals surface area (Å²) in [6.45, 7) is 9.66. The molecule has 2 unspecified atom stereocenters. The zero-order valence-electron chi connectivity index (χ0n) is 44.1. The van der Waals surface area contributed by atoms with Crippen LogP contribution in [-0.2, 0) is 16.0 Å². The Bertz CT molecular complexity index is 3210. The zero-order valence-corrected chi connectivity index (χ0v) is 45.0. The van der Waals surface area contributed by atoms with Gasteiger partial charge in [-0.25, -0.2) is 9.97 Å². The number of aromatic hydroxyl groups is 1. The van der Waals surface area contributed by atoms with Gasteiger partial charge in [0.15, 0.2) is 11.6 Å². The summed E-state index contributed by atoms with van der Waals surface area (Å²) in [4.78, 5) is 48.9. The Morgan fingerprint density at radius 1 is 0.885 bits per heavy atom. The molecule has 19 nitrogen and oxygen atoms in total. The van der Waals surface area contributed by atoms with Gasteiger partial charge < -0.3 is 54.7 Å². The fraction of sp³-hybridized carbons (Fsp3) is 0.414. The Morgan fingerprint density at radius 2 is 1.67 bits per heavy atom. The van der Waals surface area contributed by atoms with Crippen molar-refractivity contribution >= 4 is 40.3 Å². The van der Waals surface area contributed by atoms with Crippen molar-refractivity contribution in [3.8, 4) is 45.0 Å². The third-order valence-electron chi connectivity index (χ3n) is 15.5. The first-order chi connectivity index (χ1) is 37.8. The molecule has 2 amide bonds. The van der Waals surface area contributed by atoms with Gasteiger partial charge in [-0.1, -0.05) is 50.2 Å². The van der Waals surface area contributed by atoms with E-state index in [1.807, 2.05) is 100 Å². The van der Waals surface area contributed by atoms with Crippen molar-refractivity contribution in [2.75, 3.05) is 41.8 Å². The lowest BCUT2D eigenvalue weighted by molar-refractivity contribution is -0.141. The first-order valence-corrected chi connectivity index (χ1v) is 27.8. The number of nitrogen functional groups attached to an aromatic ring is 1. The Morgan fingerprint density at radius 3 is 2.40 bits per heavy atom. The summed E-state index contributed by atoms with van der Waals surface area (Å²) in [5, 5.41) is 36.9. The largest absolute Gasteiger partial charge is 0.507 e. The number of phenolic OH excluding ortho intramolecular Hbond substituents is 1. The van der Waals surface area contributed by atoms with Crippen LogP contribution in [0, 0.1) is 12.8 Å². The van der Waals surface area contributed by atoms with E-state index in [2.05, 4.69) is 51.5 Å². The second-order valence-electron chi connectivity index (χ2n) is 21.3. The molecule has 0 spiro atoms. The summed E-state index contributed by atoms with van der Waals surface area (Å²) in [6.07, 6.45) is 7.77. The van der Waals surface area contributed by atoms with Crippen LogP contribution in [0.5, 0.6) is 23.3 Å². The molecule has 5 N–H and O–H groups in total. The van der Waals surface area contributed by atoms with Crippen LogP contribution in [0.1, 0.15) is 94.0 Å². The van der Waals surface area contributed by atoms with Crippen molar-refractivity contribution < 1.29 is 38.5 Å². The Labute approximate surface area is 456 Å². The summed E-state index contributed by atoms with van der Waals surface area (Å²) in [6, 6.07) is 26.1. The number of aliphatic hydroxyl groups is 1. The number of phenols is 1. The first-order valence-electron chi connectivity index (χ1n) is 26.9. The van der Waals surface area contributed by atoms with E-state index in [-0.39, 0.29) is 72.7 Å². The topological polar surface area (TPSA) is 241 Å². The second-order valence-corrected chi connectivity index (χ2v) is 22.1. The van der Waals surface area contributed by atoms with Crippen LogP contribution in [0.2, 0.25) is 0 Å². The molecule has 3 aliphatic heterocycles. The minimum absolute atomic E-state index is 0.00784. The number of aryl methyl sites for hydroxylation is 2. The predicted octanol–water partition coefficient (Wildman–Crippen LogP) is 8.08. The number of carbonyl (C=O) groups excluding carboxylic acids is 2. The van der Waals surface area contributed by atoms with Crippen LogP contribution >= 0.6 is 11.3 Å². The molecule has 6 atom stereocenters. The number of anilines is 3. The third kappa shape index (κ3) is 11.3. The second kappa shape index (κ2) is 22.6. The maximum Gasteiger partial charge on any atom is 0.254 e. The highest BCUT2D eigenvalue weighted by Crippen LogP contribution is 2.41. The van der Waals surface area contributed by atoms with Gasteiger partial charge in [0.2, 0.25) is 17.7 Å². The molecular formula is C58H65N11O8S. The molecule has 2 aromatic carbocycles. The standard InChI is InChI=1S/C58H65N11O8S/c1-33(2)54(58(73)68-31-42(70)23-49(68)57(72)63-34(3)36-11-13-37(14-12-36)55-35(4)62-32-78-55)51-27-53(66-77-51)74-21-7-8-38-15-18-43(28-61-38)75-44-24-45(25-44)76-52-22-39(19-20-60-52)69-40-16-17-41(69)30-67(29-40)48-26-47(64-65-56(48)59)46-9-5-6-10-50(46)71/h5-6,9-15,18-20,22,26-28,32-34,40-42,44-45,49,54,70-71H,7-8,16-17,21,23-25,29-31H2,1-4H3,(H2,59,65)(H,63,72)/t34-,40?,41?,42+,44-,45-,49-,54+/m0/s1. The minimum atomic E-state index is -0.841. The van der Waals surface area contributed by atoms with Crippen LogP contribution in [0.15, 0.2) is 107 Å². The Balaban J connectivity index is 0.611. The van der Waals surface area contributed by atoms with Crippen molar-refractivity contribution in [2.45, 2.75) is 121 Å². The highest BCUT2D eigenvalue weighted by Gasteiger charge is 2.44. The number of piperazine rings is 1. The number of carbonyl (C=O) groups is 2. The zero-order chi connectivity index (χ0) is 54.0. The van der Waals surface area contributed by atoms with E-state index >= 15 is 0 Å². The Kier molecular flexibility index (Phi) is 15.2. The number of likely N-dealkylation sites (tertiary alicyclic amines) is 1. The molecule has 2 bridgehead atoms. The van der Waals surface area contributed by atoms with Gasteiger partial charge in [0.1, 0.15) is 35.7 Å². The molecule has 5 aromatic heterocycles. The van der Waals surface area contributed by atoms with Gasteiger partial charge in [-0.15, -0.1) is 21.5 Å². The predicted molar refractivity (Wildman–Crippen MR) is 294 cm³/mol. The maximum absolute atomic E-state index is 14.2. The summed E-state index contributed by atoms with van der Waals surface area (Å²) in [5.74, 6) is 0.859. The number of aromatic nitrogens is 6. The number of pyridine rings is 2. The number of nitrogens with zero attached hydrogens (tertiary/aromatic N) is 9. The molecule has 3 saturated heterocycles. The molecule has 11 rings (SSSR count). The van der Waals surface area contributed by atoms with Gasteiger partial charge in [-0.2, -0.15) is 0 Å². The van der Waals surface area contributed by atoms with Gasteiger partial charge in [0, 0.05) is 86.3 Å². The molecule has 20 heteroatoms. The average molecular weight is 1080 g/mol. The fourth-order valence-electron chi connectivity index (χ4n) is 11.3. The summed E-state index contributed by atoms with van der Waals surface area (Å²) < 4.78 is 24.3. The molecule has 78 heavy (non-hydrogen) atoms. The summed E-state index contributed by atoms with van der Waals surface area (Å²) in [5.41, 5.74) is 15.2. The monoisotopic (exact) mass is 1080 g/mol. The molecule has 7 aromatic rings. The van der Waals surface area contributed by atoms with Crippen molar-refractivity contribution in [3.05, 3.63) is 126 Å².